The van der Waals surface area contributed by atoms with Gasteiger partial charge in [-0.05, 0) is 72.4 Å². The van der Waals surface area contributed by atoms with Crippen LogP contribution in [0.15, 0.2) is 35.7 Å². The van der Waals surface area contributed by atoms with E-state index in [1.54, 1.807) is 65.8 Å². The maximum atomic E-state index is 14.9. The van der Waals surface area contributed by atoms with Gasteiger partial charge in [-0.15, -0.1) is 5.53 Å². The molecular weight excluding hydrogens is 583 g/mol. The van der Waals surface area contributed by atoms with Crippen molar-refractivity contribution in [3.05, 3.63) is 41.5 Å². The van der Waals surface area contributed by atoms with Crippen LogP contribution >= 0.6 is 0 Å². The molecule has 3 heterocycles. The molecule has 0 radical (unpaired) electrons. The molecule has 2 fully saturated rings. The third-order valence-electron chi connectivity index (χ3n) is 8.11. The fraction of sp³-hybridized carbons (Fsp3) is 0.656. The number of carbonyl (C=O) groups is 3. The van der Waals surface area contributed by atoms with E-state index in [4.69, 9.17) is 14.2 Å². The molecule has 2 N–H and O–H groups in total. The number of nitrogens with zero attached hydrogens (tertiary/aromatic N) is 4. The summed E-state index contributed by atoms with van der Waals surface area (Å²) in [6.07, 6.45) is 1.83. The Hall–Kier alpha value is -3.42. The number of nitrogens with one attached hydrogen (secondary N) is 2. The quantitative estimate of drug-likeness (QED) is 0.375. The van der Waals surface area contributed by atoms with Crippen molar-refractivity contribution in [2.45, 2.75) is 78.0 Å². The van der Waals surface area contributed by atoms with Crippen LogP contribution in [0.25, 0.3) is 0 Å². The zero-order chi connectivity index (χ0) is 32.7. The molecular formula is C32H49FN6O6. The number of ether oxygens (including phenoxy) is 3. The van der Waals surface area contributed by atoms with Crippen molar-refractivity contribution in [2.24, 2.45) is 5.92 Å². The van der Waals surface area contributed by atoms with Gasteiger partial charge in [-0.1, -0.05) is 12.1 Å². The number of hydrogen-bond donors (Lipinski definition) is 2. The first kappa shape index (κ1) is 34.5. The summed E-state index contributed by atoms with van der Waals surface area (Å²) < 4.78 is 31.3. The summed E-state index contributed by atoms with van der Waals surface area (Å²) in [5.41, 5.74) is 6.48. The molecule has 12 nitrogen and oxygen atoms in total. The van der Waals surface area contributed by atoms with Gasteiger partial charge >= 0.3 is 6.09 Å². The normalized spacial score (nSPS) is 20.8. The molecule has 3 aliphatic rings. The fourth-order valence-corrected chi connectivity index (χ4v) is 6.08. The van der Waals surface area contributed by atoms with Gasteiger partial charge in [0.15, 0.2) is 0 Å². The minimum Gasteiger partial charge on any atom is -0.444 e. The second-order valence-electron chi connectivity index (χ2n) is 13.0. The lowest BCUT2D eigenvalue weighted by molar-refractivity contribution is -0.145. The minimum absolute atomic E-state index is 0.0582. The van der Waals surface area contributed by atoms with Crippen LogP contribution in [0.2, 0.25) is 0 Å². The number of unbranched alkanes of at least 4 members (excludes halogenated alkanes) is 1. The van der Waals surface area contributed by atoms with E-state index in [2.05, 4.69) is 11.0 Å². The van der Waals surface area contributed by atoms with Crippen LogP contribution in [0.5, 0.6) is 0 Å². The molecule has 4 rings (SSSR count). The Balaban J connectivity index is 1.67. The van der Waals surface area contributed by atoms with Gasteiger partial charge < -0.3 is 28.9 Å². The van der Waals surface area contributed by atoms with Crippen LogP contribution in [0.1, 0.15) is 60.3 Å². The average Bonchev–Trinajstić information content (AvgIpc) is 3.42. The van der Waals surface area contributed by atoms with Gasteiger partial charge in [0, 0.05) is 45.9 Å². The standard InChI is InChI=1S/C32H49FN6O6/c1-22(2)38(30(41)28-27(13-9-10-16-43-6)39(35-34-28)26-12-8-7-11-25(26)33)24-19-23(29(40)36-14-17-44-18-15-36)20-37(21-24)31(42)45-32(3,4)5/h7-8,11-12,22-24,34-35H,9-10,13-21H2,1-6H3/t23-,24+/m1/s1. The SMILES string of the molecule is COCCCCC1=C(C(=O)N(C(C)C)[C@H]2C[C@@H](C(=O)N3CCOCC3)CN(C(=O)OC(C)(C)C)C2)NNN1c1ccccc1F. The predicted octanol–water partition coefficient (Wildman–Crippen LogP) is 3.40. The molecule has 0 saturated carbocycles. The topological polar surface area (TPSA) is 116 Å². The van der Waals surface area contributed by atoms with E-state index in [1.807, 2.05) is 13.8 Å². The Kier molecular flexibility index (Phi) is 11.7. The number of methoxy groups -OCH3 is 1. The van der Waals surface area contributed by atoms with Gasteiger partial charge in [-0.25, -0.2) is 9.18 Å². The van der Waals surface area contributed by atoms with Crippen LogP contribution in [0.3, 0.4) is 0 Å². The number of rotatable bonds is 10. The maximum Gasteiger partial charge on any atom is 0.410 e. The molecule has 45 heavy (non-hydrogen) atoms. The number of piperidine rings is 1. The number of hydrogen-bond acceptors (Lipinski definition) is 9. The van der Waals surface area contributed by atoms with Crippen LogP contribution in [-0.4, -0.2) is 103 Å². The zero-order valence-corrected chi connectivity index (χ0v) is 27.4. The van der Waals surface area contributed by atoms with Crippen molar-refractivity contribution in [3.8, 4) is 0 Å². The highest BCUT2D eigenvalue weighted by atomic mass is 19.1. The molecule has 3 aliphatic heterocycles. The molecule has 2 saturated heterocycles. The number of para-hydroxylation sites is 1. The number of allylic oxidation sites excluding steroid dienone is 1. The molecule has 0 aromatic heterocycles. The Labute approximate surface area is 265 Å². The molecule has 0 unspecified atom stereocenters. The van der Waals surface area contributed by atoms with Crippen molar-refractivity contribution in [2.75, 3.05) is 58.1 Å². The minimum atomic E-state index is -0.723. The number of carbonyl (C=O) groups excluding carboxylic acids is 3. The Morgan fingerprint density at radius 1 is 1.09 bits per heavy atom. The van der Waals surface area contributed by atoms with Crippen molar-refractivity contribution >= 4 is 23.6 Å². The molecule has 1 aromatic carbocycles. The lowest BCUT2D eigenvalue weighted by Gasteiger charge is -2.45. The number of anilines is 1. The lowest BCUT2D eigenvalue weighted by atomic mass is 9.91. The number of hydrazine groups is 2. The zero-order valence-electron chi connectivity index (χ0n) is 27.4. The van der Waals surface area contributed by atoms with Crippen LogP contribution in [-0.2, 0) is 23.8 Å². The van der Waals surface area contributed by atoms with Gasteiger partial charge in [0.25, 0.3) is 5.91 Å². The summed E-state index contributed by atoms with van der Waals surface area (Å²) in [4.78, 5) is 46.7. The molecule has 0 aliphatic carbocycles. The summed E-state index contributed by atoms with van der Waals surface area (Å²) >= 11 is 0. The molecule has 13 heteroatoms. The van der Waals surface area contributed by atoms with Crippen LogP contribution in [0, 0.1) is 11.7 Å². The summed E-state index contributed by atoms with van der Waals surface area (Å²) in [5.74, 6) is -1.31. The smallest absolute Gasteiger partial charge is 0.410 e. The van der Waals surface area contributed by atoms with Gasteiger partial charge in [0.1, 0.15) is 17.1 Å². The van der Waals surface area contributed by atoms with E-state index in [9.17, 15) is 18.8 Å². The Morgan fingerprint density at radius 3 is 2.44 bits per heavy atom. The third kappa shape index (κ3) is 8.65. The van der Waals surface area contributed by atoms with Crippen molar-refractivity contribution in [3.63, 3.8) is 0 Å². The lowest BCUT2D eigenvalue weighted by Crippen LogP contribution is -2.59. The third-order valence-corrected chi connectivity index (χ3v) is 8.11. The second-order valence-corrected chi connectivity index (χ2v) is 13.0. The van der Waals surface area contributed by atoms with Crippen LogP contribution < -0.4 is 16.0 Å². The first-order chi connectivity index (χ1) is 21.4. The van der Waals surface area contributed by atoms with Gasteiger partial charge in [-0.3, -0.25) is 20.0 Å². The summed E-state index contributed by atoms with van der Waals surface area (Å²) in [6, 6.07) is 5.63. The van der Waals surface area contributed by atoms with E-state index >= 15 is 0 Å². The highest BCUT2D eigenvalue weighted by Gasteiger charge is 2.43. The van der Waals surface area contributed by atoms with E-state index < -0.39 is 29.5 Å². The number of likely N-dealkylation sites (tertiary alicyclic amines) is 1. The molecule has 0 bridgehead atoms. The van der Waals surface area contributed by atoms with Gasteiger partial charge in [0.05, 0.1) is 36.6 Å². The Bertz CT molecular complexity index is 1230. The monoisotopic (exact) mass is 632 g/mol. The molecule has 1 aromatic rings. The number of morpholine rings is 1. The number of amides is 3. The average molecular weight is 633 g/mol. The van der Waals surface area contributed by atoms with Gasteiger partial charge in [0.2, 0.25) is 5.91 Å². The van der Waals surface area contributed by atoms with Gasteiger partial charge in [-0.2, -0.15) is 0 Å². The molecule has 0 spiro atoms. The van der Waals surface area contributed by atoms with Crippen molar-refractivity contribution < 1.29 is 33.0 Å². The van der Waals surface area contributed by atoms with Crippen molar-refractivity contribution in [1.82, 2.24) is 25.7 Å². The molecule has 2 atom stereocenters. The first-order valence-electron chi connectivity index (χ1n) is 15.9. The predicted molar refractivity (Wildman–Crippen MR) is 167 cm³/mol. The fourth-order valence-electron chi connectivity index (χ4n) is 6.08. The highest BCUT2D eigenvalue weighted by molar-refractivity contribution is 5.95. The number of benzene rings is 1. The van der Waals surface area contributed by atoms with E-state index in [-0.39, 0.29) is 36.6 Å². The summed E-state index contributed by atoms with van der Waals surface area (Å²) in [5, 5.41) is 1.58. The molecule has 250 valence electrons. The van der Waals surface area contributed by atoms with E-state index in [1.165, 1.54) is 6.07 Å². The first-order valence-corrected chi connectivity index (χ1v) is 15.9. The summed E-state index contributed by atoms with van der Waals surface area (Å²) in [6.45, 7) is 12.1. The number of halogens is 1. The molecule has 3 amide bonds. The van der Waals surface area contributed by atoms with E-state index in [0.29, 0.717) is 63.6 Å². The largest absolute Gasteiger partial charge is 0.444 e. The maximum absolute atomic E-state index is 14.9. The highest BCUT2D eigenvalue weighted by Crippen LogP contribution is 2.31. The van der Waals surface area contributed by atoms with Crippen molar-refractivity contribution in [1.29, 1.82) is 0 Å². The van der Waals surface area contributed by atoms with E-state index in [0.717, 1.165) is 6.42 Å². The second kappa shape index (κ2) is 15.2. The van der Waals surface area contributed by atoms with Crippen LogP contribution in [0.4, 0.5) is 14.9 Å². The summed E-state index contributed by atoms with van der Waals surface area (Å²) in [7, 11) is 1.64. The Morgan fingerprint density at radius 2 is 1.80 bits per heavy atom.